The van der Waals surface area contributed by atoms with Crippen LogP contribution in [-0.4, -0.2) is 51.7 Å². The monoisotopic (exact) mass is 461 g/mol. The molecule has 0 unspecified atom stereocenters. The van der Waals surface area contributed by atoms with E-state index < -0.39 is 0 Å². The maximum Gasteiger partial charge on any atom is 0.255 e. The van der Waals surface area contributed by atoms with Gasteiger partial charge in [-0.15, -0.1) is 0 Å². The normalized spacial score (nSPS) is 15.5. The van der Waals surface area contributed by atoms with Crippen LogP contribution in [0.2, 0.25) is 0 Å². The van der Waals surface area contributed by atoms with E-state index >= 15 is 0 Å². The molecule has 0 bridgehead atoms. The second kappa shape index (κ2) is 9.70. The Bertz CT molecular complexity index is 1240. The molecule has 4 rings (SSSR count). The van der Waals surface area contributed by atoms with Crippen molar-refractivity contribution in [2.45, 2.75) is 18.3 Å². The summed E-state index contributed by atoms with van der Waals surface area (Å²) < 4.78 is 24.7. The van der Waals surface area contributed by atoms with Crippen LogP contribution in [0, 0.1) is 17.1 Å². The van der Waals surface area contributed by atoms with E-state index in [1.807, 2.05) is 36.4 Å². The summed E-state index contributed by atoms with van der Waals surface area (Å²) in [7, 11) is 5.01. The van der Waals surface area contributed by atoms with Gasteiger partial charge in [0.2, 0.25) is 0 Å². The minimum atomic E-state index is -0.326. The number of fused-ring (bicyclic) bond motifs is 1. The van der Waals surface area contributed by atoms with Crippen LogP contribution in [-0.2, 0) is 5.41 Å². The van der Waals surface area contributed by atoms with Gasteiger partial charge in [0, 0.05) is 22.7 Å². The highest BCUT2D eigenvalue weighted by atomic mass is 19.1. The highest BCUT2D eigenvalue weighted by Crippen LogP contribution is 2.41. The molecule has 3 aromatic rings. The van der Waals surface area contributed by atoms with Gasteiger partial charge in [-0.05, 0) is 50.7 Å². The Balaban J connectivity index is 1.74. The van der Waals surface area contributed by atoms with E-state index in [2.05, 4.69) is 23.3 Å². The first-order valence-electron chi connectivity index (χ1n) is 11.2. The summed E-state index contributed by atoms with van der Waals surface area (Å²) in [4.78, 5) is 15.9. The number of hydrogen-bond donors (Lipinski definition) is 1. The lowest BCUT2D eigenvalue weighted by atomic mass is 9.72. The molecule has 7 heteroatoms. The number of nitrogens with one attached hydrogen (secondary N) is 1. The lowest BCUT2D eigenvalue weighted by Gasteiger charge is -2.41. The number of carbonyl (C=O) groups is 1. The van der Waals surface area contributed by atoms with Gasteiger partial charge in [-0.3, -0.25) is 4.79 Å². The fraction of sp³-hybridized carbons (Fsp3) is 0.333. The van der Waals surface area contributed by atoms with Gasteiger partial charge >= 0.3 is 0 Å². The molecule has 1 heterocycles. The largest absolute Gasteiger partial charge is 0.495 e. The van der Waals surface area contributed by atoms with Crippen LogP contribution in [0.15, 0.2) is 48.5 Å². The number of benzene rings is 3. The molecular formula is C27H28FN3O3. The lowest BCUT2D eigenvalue weighted by molar-refractivity contribution is 0.0926. The van der Waals surface area contributed by atoms with Crippen molar-refractivity contribution in [1.82, 2.24) is 10.2 Å². The fourth-order valence-corrected chi connectivity index (χ4v) is 4.88. The Labute approximate surface area is 198 Å². The minimum absolute atomic E-state index is 0.182. The van der Waals surface area contributed by atoms with Crippen molar-refractivity contribution in [1.29, 1.82) is 5.26 Å². The Morgan fingerprint density at radius 3 is 2.26 bits per heavy atom. The number of amides is 1. The molecule has 34 heavy (non-hydrogen) atoms. The van der Waals surface area contributed by atoms with Gasteiger partial charge in [-0.25, -0.2) is 4.39 Å². The van der Waals surface area contributed by atoms with Gasteiger partial charge < -0.3 is 19.7 Å². The summed E-state index contributed by atoms with van der Waals surface area (Å²) in [5.41, 5.74) is 1.18. The molecule has 0 aliphatic carbocycles. The Morgan fingerprint density at radius 2 is 1.68 bits per heavy atom. The summed E-state index contributed by atoms with van der Waals surface area (Å²) in [6.07, 6.45) is 1.67. The van der Waals surface area contributed by atoms with Crippen LogP contribution in [0.5, 0.6) is 11.5 Å². The van der Waals surface area contributed by atoms with Crippen LogP contribution in [0.25, 0.3) is 10.8 Å². The molecule has 176 valence electrons. The van der Waals surface area contributed by atoms with Crippen LogP contribution in [0.4, 0.5) is 4.39 Å². The number of halogens is 1. The van der Waals surface area contributed by atoms with Gasteiger partial charge in [-0.2, -0.15) is 5.26 Å². The van der Waals surface area contributed by atoms with Crippen LogP contribution < -0.4 is 14.8 Å². The number of nitrogens with zero attached hydrogens (tertiary/aromatic N) is 2. The summed E-state index contributed by atoms with van der Waals surface area (Å²) in [5, 5.41) is 14.2. The van der Waals surface area contributed by atoms with Crippen LogP contribution in [0.1, 0.15) is 34.3 Å². The number of carbonyl (C=O) groups excluding carboxylic acids is 1. The molecule has 6 nitrogen and oxygen atoms in total. The summed E-state index contributed by atoms with van der Waals surface area (Å²) in [6.45, 7) is 2.14. The zero-order valence-corrected chi connectivity index (χ0v) is 19.7. The third-order valence-corrected chi connectivity index (χ3v) is 6.86. The maximum atomic E-state index is 13.6. The molecule has 0 atom stereocenters. The average molecular weight is 462 g/mol. The lowest BCUT2D eigenvalue weighted by Crippen LogP contribution is -2.48. The van der Waals surface area contributed by atoms with Crippen molar-refractivity contribution in [2.24, 2.45) is 0 Å². The molecule has 0 aromatic heterocycles. The molecule has 0 radical (unpaired) electrons. The molecule has 1 aliphatic rings. The Morgan fingerprint density at radius 1 is 1.06 bits per heavy atom. The first kappa shape index (κ1) is 23.5. The van der Waals surface area contributed by atoms with Crippen molar-refractivity contribution in [3.63, 3.8) is 0 Å². The van der Waals surface area contributed by atoms with E-state index in [0.29, 0.717) is 28.6 Å². The maximum absolute atomic E-state index is 13.6. The first-order chi connectivity index (χ1) is 16.4. The minimum Gasteiger partial charge on any atom is -0.495 e. The zero-order valence-electron chi connectivity index (χ0n) is 19.7. The number of methoxy groups -OCH3 is 2. The van der Waals surface area contributed by atoms with E-state index in [9.17, 15) is 14.4 Å². The summed E-state index contributed by atoms with van der Waals surface area (Å²) in [6, 6.07) is 16.0. The third kappa shape index (κ3) is 4.17. The number of ether oxygens (including phenoxy) is 2. The third-order valence-electron chi connectivity index (χ3n) is 6.86. The molecule has 1 saturated heterocycles. The van der Waals surface area contributed by atoms with Gasteiger partial charge in [0.15, 0.2) is 5.75 Å². The number of likely N-dealkylation sites (tertiary alicyclic amines) is 1. The Hall–Kier alpha value is -3.63. The van der Waals surface area contributed by atoms with Gasteiger partial charge in [0.25, 0.3) is 5.91 Å². The van der Waals surface area contributed by atoms with E-state index in [-0.39, 0.29) is 28.5 Å². The van der Waals surface area contributed by atoms with Crippen molar-refractivity contribution in [2.75, 3.05) is 40.9 Å². The Kier molecular flexibility index (Phi) is 6.71. The van der Waals surface area contributed by atoms with Crippen LogP contribution >= 0.6 is 0 Å². The number of nitriles is 1. The van der Waals surface area contributed by atoms with E-state index in [1.165, 1.54) is 26.4 Å². The molecule has 0 saturated carbocycles. The standard InChI is InChI=1S/C27H28FN3O3/c1-31-14-12-27(13-15-31,18-8-10-19(28)11-9-18)17-30-26(32)23-20-6-4-5-7-21(20)24(33-2)22(16-29)25(23)34-3/h4-11H,12-15,17H2,1-3H3,(H,30,32). The zero-order chi connectivity index (χ0) is 24.3. The van der Waals surface area contributed by atoms with E-state index in [4.69, 9.17) is 9.47 Å². The average Bonchev–Trinajstić information content (AvgIpc) is 2.87. The van der Waals surface area contributed by atoms with Crippen molar-refractivity contribution in [3.8, 4) is 17.6 Å². The van der Waals surface area contributed by atoms with Gasteiger partial charge in [0.05, 0.1) is 19.8 Å². The second-order valence-electron chi connectivity index (χ2n) is 8.75. The molecule has 1 N–H and O–H groups in total. The second-order valence-corrected chi connectivity index (χ2v) is 8.75. The molecule has 3 aromatic carbocycles. The predicted octanol–water partition coefficient (Wildman–Crippen LogP) is 4.26. The predicted molar refractivity (Wildman–Crippen MR) is 129 cm³/mol. The quantitative estimate of drug-likeness (QED) is 0.594. The number of rotatable bonds is 6. The smallest absolute Gasteiger partial charge is 0.255 e. The van der Waals surface area contributed by atoms with Crippen LogP contribution in [0.3, 0.4) is 0 Å². The summed E-state index contributed by atoms with van der Waals surface area (Å²) in [5.74, 6) is -0.0405. The summed E-state index contributed by atoms with van der Waals surface area (Å²) >= 11 is 0. The number of piperidine rings is 1. The van der Waals surface area contributed by atoms with Crippen molar-refractivity contribution in [3.05, 3.63) is 71.0 Å². The molecule has 0 spiro atoms. The SMILES string of the molecule is COc1c(C#N)c(OC)c2ccccc2c1C(=O)NCC1(c2ccc(F)cc2)CCN(C)CC1. The van der Waals surface area contributed by atoms with Gasteiger partial charge in [0.1, 0.15) is 23.2 Å². The number of hydrogen-bond acceptors (Lipinski definition) is 5. The molecule has 1 aliphatic heterocycles. The highest BCUT2D eigenvalue weighted by Gasteiger charge is 2.36. The van der Waals surface area contributed by atoms with E-state index in [1.54, 1.807) is 0 Å². The van der Waals surface area contributed by atoms with E-state index in [0.717, 1.165) is 31.5 Å². The first-order valence-corrected chi connectivity index (χ1v) is 11.2. The highest BCUT2D eigenvalue weighted by molar-refractivity contribution is 6.12. The van der Waals surface area contributed by atoms with Gasteiger partial charge in [-0.1, -0.05) is 36.4 Å². The molecular weight excluding hydrogens is 433 g/mol. The van der Waals surface area contributed by atoms with Crippen molar-refractivity contribution >= 4 is 16.7 Å². The van der Waals surface area contributed by atoms with Crippen molar-refractivity contribution < 1.29 is 18.7 Å². The fourth-order valence-electron chi connectivity index (χ4n) is 4.88. The topological polar surface area (TPSA) is 74.6 Å². The molecule has 1 fully saturated rings. The molecule has 1 amide bonds.